The summed E-state index contributed by atoms with van der Waals surface area (Å²) in [6, 6.07) is 5.87. The Morgan fingerprint density at radius 2 is 1.89 bits per heavy atom. The molecule has 1 aromatic carbocycles. The van der Waals surface area contributed by atoms with Crippen LogP contribution in [0.5, 0.6) is 11.5 Å². The van der Waals surface area contributed by atoms with E-state index in [2.05, 4.69) is 4.98 Å². The molecule has 2 rings (SSSR count). The average Bonchev–Trinajstić information content (AvgIpc) is 2.90. The van der Waals surface area contributed by atoms with E-state index in [0.29, 0.717) is 19.8 Å². The van der Waals surface area contributed by atoms with Gasteiger partial charge in [-0.15, -0.1) is 11.3 Å². The summed E-state index contributed by atoms with van der Waals surface area (Å²) in [5.41, 5.74) is 7.53. The quantitative estimate of drug-likeness (QED) is 0.882. The monoisotopic (exact) mass is 278 g/mol. The lowest BCUT2D eigenvalue weighted by atomic mass is 10.1. The smallest absolute Gasteiger partial charge is 0.161 e. The van der Waals surface area contributed by atoms with Crippen LogP contribution in [0.3, 0.4) is 0 Å². The third-order valence-corrected chi connectivity index (χ3v) is 3.44. The molecule has 0 aliphatic carbocycles. The van der Waals surface area contributed by atoms with Gasteiger partial charge in [0.2, 0.25) is 0 Å². The van der Waals surface area contributed by atoms with Crippen LogP contribution in [0.15, 0.2) is 23.6 Å². The van der Waals surface area contributed by atoms with E-state index in [0.717, 1.165) is 27.8 Å². The second-order valence-corrected chi connectivity index (χ2v) is 4.80. The second kappa shape index (κ2) is 6.54. The number of nitrogens with two attached hydrogens (primary N) is 1. The molecule has 0 aliphatic heterocycles. The zero-order valence-electron chi connectivity index (χ0n) is 11.2. The van der Waals surface area contributed by atoms with Crippen molar-refractivity contribution in [2.24, 2.45) is 5.73 Å². The Hall–Kier alpha value is -1.59. The van der Waals surface area contributed by atoms with E-state index >= 15 is 0 Å². The number of rotatable bonds is 6. The van der Waals surface area contributed by atoms with Gasteiger partial charge in [0.25, 0.3) is 0 Å². The van der Waals surface area contributed by atoms with Crippen LogP contribution >= 0.6 is 11.3 Å². The Kier molecular flexibility index (Phi) is 4.76. The molecule has 0 fully saturated rings. The lowest BCUT2D eigenvalue weighted by Crippen LogP contribution is -1.98. The molecule has 0 aliphatic rings. The minimum Gasteiger partial charge on any atom is -0.490 e. The summed E-state index contributed by atoms with van der Waals surface area (Å²) in [5.74, 6) is 1.52. The molecule has 1 aromatic heterocycles. The van der Waals surface area contributed by atoms with E-state index in [-0.39, 0.29) is 0 Å². The predicted molar refractivity (Wildman–Crippen MR) is 77.8 cm³/mol. The Labute approximate surface area is 117 Å². The number of benzene rings is 1. The van der Waals surface area contributed by atoms with Gasteiger partial charge in [-0.05, 0) is 32.0 Å². The molecule has 0 radical (unpaired) electrons. The first-order valence-electron chi connectivity index (χ1n) is 6.33. The minimum atomic E-state index is 0.472. The fraction of sp³-hybridized carbons (Fsp3) is 0.357. The summed E-state index contributed by atoms with van der Waals surface area (Å²) in [4.78, 5) is 4.47. The first-order valence-corrected chi connectivity index (χ1v) is 7.21. The average molecular weight is 278 g/mol. The Morgan fingerprint density at radius 1 is 1.16 bits per heavy atom. The van der Waals surface area contributed by atoms with Gasteiger partial charge in [-0.25, -0.2) is 4.98 Å². The normalized spacial score (nSPS) is 10.5. The zero-order valence-corrected chi connectivity index (χ0v) is 12.0. The molecule has 0 atom stereocenters. The van der Waals surface area contributed by atoms with Crippen LogP contribution in [-0.2, 0) is 6.54 Å². The number of hydrogen-bond donors (Lipinski definition) is 1. The summed E-state index contributed by atoms with van der Waals surface area (Å²) < 4.78 is 11.2. The first kappa shape index (κ1) is 13.8. The van der Waals surface area contributed by atoms with Crippen molar-refractivity contribution in [2.45, 2.75) is 20.4 Å². The maximum atomic E-state index is 5.61. The van der Waals surface area contributed by atoms with Gasteiger partial charge in [0.05, 0.1) is 18.9 Å². The van der Waals surface area contributed by atoms with E-state index in [4.69, 9.17) is 15.2 Å². The molecule has 0 spiro atoms. The maximum Gasteiger partial charge on any atom is 0.161 e. The molecule has 0 unspecified atom stereocenters. The van der Waals surface area contributed by atoms with Crippen molar-refractivity contribution in [1.82, 2.24) is 4.98 Å². The summed E-state index contributed by atoms with van der Waals surface area (Å²) in [7, 11) is 0. The third-order valence-electron chi connectivity index (χ3n) is 2.57. The highest BCUT2D eigenvalue weighted by Gasteiger charge is 2.09. The van der Waals surface area contributed by atoms with Crippen molar-refractivity contribution in [3.8, 4) is 22.8 Å². The molecule has 2 aromatic rings. The van der Waals surface area contributed by atoms with Gasteiger partial charge in [0.1, 0.15) is 5.01 Å². The van der Waals surface area contributed by atoms with Crippen molar-refractivity contribution in [1.29, 1.82) is 0 Å². The number of nitrogens with zero attached hydrogens (tertiary/aromatic N) is 1. The molecule has 0 saturated heterocycles. The highest BCUT2D eigenvalue weighted by molar-refractivity contribution is 7.09. The SMILES string of the molecule is CCOc1ccc(-c2csc(CN)n2)cc1OCC. The van der Waals surface area contributed by atoms with Crippen LogP contribution in [0.4, 0.5) is 0 Å². The lowest BCUT2D eigenvalue weighted by molar-refractivity contribution is 0.288. The highest BCUT2D eigenvalue weighted by atomic mass is 32.1. The van der Waals surface area contributed by atoms with E-state index < -0.39 is 0 Å². The van der Waals surface area contributed by atoms with Gasteiger partial charge in [0.15, 0.2) is 11.5 Å². The Balaban J connectivity index is 2.33. The first-order chi connectivity index (χ1) is 9.28. The highest BCUT2D eigenvalue weighted by Crippen LogP contribution is 2.33. The second-order valence-electron chi connectivity index (χ2n) is 3.86. The number of hydrogen-bond acceptors (Lipinski definition) is 5. The topological polar surface area (TPSA) is 57.4 Å². The molecule has 1 heterocycles. The van der Waals surface area contributed by atoms with Crippen LogP contribution < -0.4 is 15.2 Å². The molecular formula is C14H18N2O2S. The molecule has 19 heavy (non-hydrogen) atoms. The summed E-state index contributed by atoms with van der Waals surface area (Å²) in [6.07, 6.45) is 0. The summed E-state index contributed by atoms with van der Waals surface area (Å²) in [6.45, 7) is 5.61. The van der Waals surface area contributed by atoms with Gasteiger partial charge in [0, 0.05) is 17.5 Å². The Morgan fingerprint density at radius 3 is 2.53 bits per heavy atom. The zero-order chi connectivity index (χ0) is 13.7. The molecule has 4 nitrogen and oxygen atoms in total. The number of aromatic nitrogens is 1. The fourth-order valence-electron chi connectivity index (χ4n) is 1.75. The van der Waals surface area contributed by atoms with Crippen molar-refractivity contribution in [3.05, 3.63) is 28.6 Å². The molecule has 2 N–H and O–H groups in total. The summed E-state index contributed by atoms with van der Waals surface area (Å²) >= 11 is 1.57. The van der Waals surface area contributed by atoms with Gasteiger partial charge >= 0.3 is 0 Å². The largest absolute Gasteiger partial charge is 0.490 e. The van der Waals surface area contributed by atoms with Crippen molar-refractivity contribution < 1.29 is 9.47 Å². The van der Waals surface area contributed by atoms with Gasteiger partial charge in [-0.2, -0.15) is 0 Å². The molecule has 0 saturated carbocycles. The van der Waals surface area contributed by atoms with Crippen LogP contribution in [0.25, 0.3) is 11.3 Å². The predicted octanol–water partition coefficient (Wildman–Crippen LogP) is 3.07. The van der Waals surface area contributed by atoms with Gasteiger partial charge in [-0.1, -0.05) is 0 Å². The minimum absolute atomic E-state index is 0.472. The van der Waals surface area contributed by atoms with Crippen molar-refractivity contribution in [3.63, 3.8) is 0 Å². The van der Waals surface area contributed by atoms with Crippen molar-refractivity contribution in [2.75, 3.05) is 13.2 Å². The lowest BCUT2D eigenvalue weighted by Gasteiger charge is -2.11. The molecule has 5 heteroatoms. The molecule has 0 bridgehead atoms. The fourth-order valence-corrected chi connectivity index (χ4v) is 2.43. The summed E-state index contributed by atoms with van der Waals surface area (Å²) in [5, 5.41) is 2.94. The van der Waals surface area contributed by atoms with E-state index in [1.807, 2.05) is 37.4 Å². The van der Waals surface area contributed by atoms with Gasteiger partial charge < -0.3 is 15.2 Å². The van der Waals surface area contributed by atoms with E-state index in [1.165, 1.54) is 0 Å². The Bertz CT molecular complexity index is 540. The van der Waals surface area contributed by atoms with Crippen LogP contribution in [-0.4, -0.2) is 18.2 Å². The van der Waals surface area contributed by atoms with Crippen LogP contribution in [0, 0.1) is 0 Å². The van der Waals surface area contributed by atoms with Crippen molar-refractivity contribution >= 4 is 11.3 Å². The van der Waals surface area contributed by atoms with Gasteiger partial charge in [-0.3, -0.25) is 0 Å². The maximum absolute atomic E-state index is 5.61. The number of thiazole rings is 1. The van der Waals surface area contributed by atoms with Crippen LogP contribution in [0.1, 0.15) is 18.9 Å². The molecular weight excluding hydrogens is 260 g/mol. The number of ether oxygens (including phenoxy) is 2. The third kappa shape index (κ3) is 3.24. The molecule has 0 amide bonds. The van der Waals surface area contributed by atoms with Crippen LogP contribution in [0.2, 0.25) is 0 Å². The van der Waals surface area contributed by atoms with E-state index in [9.17, 15) is 0 Å². The standard InChI is InChI=1S/C14H18N2O2S/c1-3-17-12-6-5-10(7-13(12)18-4-2)11-9-19-14(8-15)16-11/h5-7,9H,3-4,8,15H2,1-2H3. The molecule has 102 valence electrons. The van der Waals surface area contributed by atoms with E-state index in [1.54, 1.807) is 11.3 Å².